The number of alkyl halides is 1. The summed E-state index contributed by atoms with van der Waals surface area (Å²) in [6, 6.07) is 0. The largest absolute Gasteiger partial charge is 0.396 e. The van der Waals surface area contributed by atoms with Crippen LogP contribution in [0.3, 0.4) is 0 Å². The second kappa shape index (κ2) is 5.04. The number of aliphatic hydroxyl groups is 2. The topological polar surface area (TPSA) is 126 Å². The molecule has 0 saturated heterocycles. The van der Waals surface area contributed by atoms with Crippen LogP contribution < -0.4 is 0 Å². The van der Waals surface area contributed by atoms with Gasteiger partial charge in [0, 0.05) is 6.61 Å². The molecule has 1 aromatic rings. The van der Waals surface area contributed by atoms with Crippen LogP contribution in [0.5, 0.6) is 0 Å². The lowest BCUT2D eigenvalue weighted by molar-refractivity contribution is -0.0242. The fourth-order valence-electron chi connectivity index (χ4n) is 1.27. The minimum Gasteiger partial charge on any atom is -0.396 e. The summed E-state index contributed by atoms with van der Waals surface area (Å²) in [6.45, 7) is -0.351. The van der Waals surface area contributed by atoms with E-state index in [1.807, 2.05) is 0 Å². The van der Waals surface area contributed by atoms with E-state index in [4.69, 9.17) is 9.66 Å². The molecule has 0 aromatic carbocycles. The molecule has 0 radical (unpaired) electrons. The Balaban J connectivity index is 3.12. The molecule has 8 nitrogen and oxygen atoms in total. The summed E-state index contributed by atoms with van der Waals surface area (Å²) >= 11 is 0. The summed E-state index contributed by atoms with van der Waals surface area (Å²) in [5.74, 6) is 0. The molecule has 17 heavy (non-hydrogen) atoms. The van der Waals surface area contributed by atoms with Crippen LogP contribution in [-0.4, -0.2) is 50.7 Å². The number of rotatable bonds is 6. The van der Waals surface area contributed by atoms with Crippen LogP contribution in [0.15, 0.2) is 12.7 Å². The van der Waals surface area contributed by atoms with Gasteiger partial charge in [0.15, 0.2) is 0 Å². The standard InChI is InChI=1S/C7H12FN3O5S/c8-7(17(14,15)16,6(13)2-1-3-12)11-5-9-4-10-11/h4-6,12-13H,1-3H2,(H,14,15,16). The molecule has 0 fully saturated rings. The highest BCUT2D eigenvalue weighted by atomic mass is 32.2. The average molecular weight is 269 g/mol. The van der Waals surface area contributed by atoms with E-state index in [9.17, 15) is 17.9 Å². The normalized spacial score (nSPS) is 17.6. The van der Waals surface area contributed by atoms with Gasteiger partial charge >= 0.3 is 15.2 Å². The Morgan fingerprint density at radius 1 is 1.53 bits per heavy atom. The van der Waals surface area contributed by atoms with E-state index in [1.54, 1.807) is 0 Å². The third-order valence-electron chi connectivity index (χ3n) is 2.14. The predicted octanol–water partition coefficient (Wildman–Crippen LogP) is -1.12. The second-order valence-electron chi connectivity index (χ2n) is 3.31. The number of halogens is 1. The molecule has 1 rings (SSSR count). The minimum absolute atomic E-state index is 0.0307. The zero-order valence-electron chi connectivity index (χ0n) is 8.64. The molecule has 3 N–H and O–H groups in total. The van der Waals surface area contributed by atoms with Crippen molar-refractivity contribution in [3.05, 3.63) is 12.7 Å². The van der Waals surface area contributed by atoms with E-state index in [0.717, 1.165) is 12.7 Å². The lowest BCUT2D eigenvalue weighted by Gasteiger charge is -2.26. The number of aromatic nitrogens is 3. The molecule has 0 aliphatic carbocycles. The van der Waals surface area contributed by atoms with Crippen LogP contribution in [0.25, 0.3) is 0 Å². The maximum absolute atomic E-state index is 14.3. The van der Waals surface area contributed by atoms with E-state index in [1.165, 1.54) is 0 Å². The van der Waals surface area contributed by atoms with E-state index < -0.39 is 21.3 Å². The van der Waals surface area contributed by atoms with E-state index in [0.29, 0.717) is 0 Å². The van der Waals surface area contributed by atoms with Crippen LogP contribution in [-0.2, 0) is 15.2 Å². The zero-order valence-corrected chi connectivity index (χ0v) is 9.46. The van der Waals surface area contributed by atoms with Crippen LogP contribution >= 0.6 is 0 Å². The Morgan fingerprint density at radius 3 is 2.59 bits per heavy atom. The van der Waals surface area contributed by atoms with Gasteiger partial charge in [-0.15, -0.1) is 0 Å². The van der Waals surface area contributed by atoms with Gasteiger partial charge in [-0.25, -0.2) is 4.98 Å². The van der Waals surface area contributed by atoms with Gasteiger partial charge in [-0.1, -0.05) is 0 Å². The van der Waals surface area contributed by atoms with Gasteiger partial charge in [-0.2, -0.15) is 22.6 Å². The summed E-state index contributed by atoms with van der Waals surface area (Å²) < 4.78 is 45.4. The Bertz CT molecular complexity index is 450. The third kappa shape index (κ3) is 2.60. The van der Waals surface area contributed by atoms with Crippen molar-refractivity contribution in [3.8, 4) is 0 Å². The summed E-state index contributed by atoms with van der Waals surface area (Å²) in [6.07, 6.45) is -0.899. The molecule has 2 atom stereocenters. The maximum atomic E-state index is 14.3. The first-order valence-electron chi connectivity index (χ1n) is 4.64. The summed E-state index contributed by atoms with van der Waals surface area (Å²) in [5.41, 5.74) is 0. The van der Waals surface area contributed by atoms with Gasteiger partial charge in [-0.3, -0.25) is 4.55 Å². The number of nitrogens with zero attached hydrogens (tertiary/aromatic N) is 3. The van der Waals surface area contributed by atoms with Gasteiger partial charge in [-0.05, 0) is 12.8 Å². The first-order valence-corrected chi connectivity index (χ1v) is 6.08. The van der Waals surface area contributed by atoms with Crippen molar-refractivity contribution in [2.45, 2.75) is 24.1 Å². The second-order valence-corrected chi connectivity index (χ2v) is 4.83. The molecule has 0 amide bonds. The molecular weight excluding hydrogens is 257 g/mol. The quantitative estimate of drug-likeness (QED) is 0.558. The predicted molar refractivity (Wildman–Crippen MR) is 53.0 cm³/mol. The molecular formula is C7H12FN3O5S. The highest BCUT2D eigenvalue weighted by Gasteiger charge is 2.53. The van der Waals surface area contributed by atoms with Crippen LogP contribution in [0.1, 0.15) is 12.8 Å². The monoisotopic (exact) mass is 269 g/mol. The molecule has 0 saturated carbocycles. The molecule has 2 unspecified atom stereocenters. The van der Waals surface area contributed by atoms with Gasteiger partial charge in [0.2, 0.25) is 0 Å². The molecule has 10 heteroatoms. The van der Waals surface area contributed by atoms with E-state index in [2.05, 4.69) is 10.1 Å². The fourth-order valence-corrected chi connectivity index (χ4v) is 2.06. The van der Waals surface area contributed by atoms with Crippen molar-refractivity contribution in [1.82, 2.24) is 14.8 Å². The lowest BCUT2D eigenvalue weighted by Crippen LogP contribution is -2.48. The summed E-state index contributed by atoms with van der Waals surface area (Å²) in [4.78, 5) is 3.34. The first kappa shape index (κ1) is 14.0. The van der Waals surface area contributed by atoms with Gasteiger partial charge in [0.05, 0.1) is 0 Å². The number of aliphatic hydroxyl groups excluding tert-OH is 2. The minimum atomic E-state index is -5.25. The third-order valence-corrected chi connectivity index (χ3v) is 3.32. The van der Waals surface area contributed by atoms with Crippen LogP contribution in [0.2, 0.25) is 0 Å². The molecule has 1 aromatic heterocycles. The summed E-state index contributed by atoms with van der Waals surface area (Å²) in [5, 5.41) is 17.8. The Labute approximate surface area is 96.5 Å². The van der Waals surface area contributed by atoms with Gasteiger partial charge in [0.25, 0.3) is 0 Å². The van der Waals surface area contributed by atoms with E-state index >= 15 is 0 Å². The van der Waals surface area contributed by atoms with Crippen molar-refractivity contribution >= 4 is 10.1 Å². The van der Waals surface area contributed by atoms with Crippen LogP contribution in [0.4, 0.5) is 4.39 Å². The SMILES string of the molecule is O=S(=O)(O)C(F)(C(O)CCCO)n1cncn1. The number of hydrogen-bond acceptors (Lipinski definition) is 6. The Morgan fingerprint density at radius 2 is 2.18 bits per heavy atom. The zero-order chi connectivity index (χ0) is 13.1. The highest BCUT2D eigenvalue weighted by molar-refractivity contribution is 7.86. The molecule has 1 heterocycles. The van der Waals surface area contributed by atoms with Crippen LogP contribution in [0, 0.1) is 0 Å². The van der Waals surface area contributed by atoms with Crippen molar-refractivity contribution in [3.63, 3.8) is 0 Å². The molecule has 98 valence electrons. The van der Waals surface area contributed by atoms with Crippen molar-refractivity contribution < 1.29 is 27.6 Å². The lowest BCUT2D eigenvalue weighted by atomic mass is 10.2. The smallest absolute Gasteiger partial charge is 0.353 e. The maximum Gasteiger partial charge on any atom is 0.353 e. The van der Waals surface area contributed by atoms with Crippen molar-refractivity contribution in [2.75, 3.05) is 6.61 Å². The van der Waals surface area contributed by atoms with Gasteiger partial charge in [0.1, 0.15) is 18.8 Å². The average Bonchev–Trinajstić information content (AvgIpc) is 2.76. The highest BCUT2D eigenvalue weighted by Crippen LogP contribution is 2.30. The molecule has 0 bridgehead atoms. The van der Waals surface area contributed by atoms with E-state index in [-0.39, 0.29) is 24.1 Å². The number of hydrogen-bond donors (Lipinski definition) is 3. The Kier molecular flexibility index (Phi) is 4.14. The van der Waals surface area contributed by atoms with Crippen molar-refractivity contribution in [2.24, 2.45) is 0 Å². The molecule has 0 aliphatic heterocycles. The first-order chi connectivity index (χ1) is 7.84. The Hall–Kier alpha value is -1.10. The summed E-state index contributed by atoms with van der Waals surface area (Å²) in [7, 11) is -5.25. The fraction of sp³-hybridized carbons (Fsp3) is 0.714. The molecule has 0 spiro atoms. The van der Waals surface area contributed by atoms with Crippen molar-refractivity contribution in [1.29, 1.82) is 0 Å². The molecule has 0 aliphatic rings. The van der Waals surface area contributed by atoms with Gasteiger partial charge < -0.3 is 10.2 Å².